The Hall–Kier alpha value is -2.07. The summed E-state index contributed by atoms with van der Waals surface area (Å²) in [5.74, 6) is 1.22. The molecule has 2 rings (SSSR count). The molecule has 0 fully saturated rings. The molecule has 0 radical (unpaired) electrons. The number of nitrogens with one attached hydrogen (secondary N) is 1. The molecule has 0 aliphatic rings. The van der Waals surface area contributed by atoms with E-state index in [9.17, 15) is 4.79 Å². The predicted octanol–water partition coefficient (Wildman–Crippen LogP) is 3.22. The Morgan fingerprint density at radius 3 is 2.50 bits per heavy atom. The van der Waals surface area contributed by atoms with Crippen LogP contribution in [0.5, 0.6) is 0 Å². The van der Waals surface area contributed by atoms with Crippen molar-refractivity contribution in [2.75, 3.05) is 13.6 Å². The largest absolute Gasteiger partial charge is 0.468 e. The summed E-state index contributed by atoms with van der Waals surface area (Å²) in [6.45, 7) is 5.20. The van der Waals surface area contributed by atoms with Gasteiger partial charge in [0.2, 0.25) is 5.91 Å². The fourth-order valence-electron chi connectivity index (χ4n) is 2.48. The lowest BCUT2D eigenvalue weighted by atomic mass is 9.96. The molecule has 0 saturated heterocycles. The van der Waals surface area contributed by atoms with E-state index in [1.807, 2.05) is 42.3 Å². The average molecular weight is 300 g/mol. The molecule has 118 valence electrons. The SMILES string of the molecule is CC(C)[C@H](NC(=O)CN(C)Cc1ccco1)c1ccccc1. The van der Waals surface area contributed by atoms with E-state index in [2.05, 4.69) is 31.3 Å². The number of hydrogen-bond donors (Lipinski definition) is 1. The second-order valence-corrected chi connectivity index (χ2v) is 5.95. The van der Waals surface area contributed by atoms with Crippen molar-refractivity contribution in [2.24, 2.45) is 5.92 Å². The summed E-state index contributed by atoms with van der Waals surface area (Å²) < 4.78 is 5.30. The topological polar surface area (TPSA) is 45.5 Å². The lowest BCUT2D eigenvalue weighted by Crippen LogP contribution is -2.38. The van der Waals surface area contributed by atoms with Crippen LogP contribution in [0.1, 0.15) is 31.2 Å². The van der Waals surface area contributed by atoms with Crippen molar-refractivity contribution in [1.82, 2.24) is 10.2 Å². The molecule has 1 N–H and O–H groups in total. The van der Waals surface area contributed by atoms with E-state index in [0.717, 1.165) is 11.3 Å². The highest BCUT2D eigenvalue weighted by molar-refractivity contribution is 5.78. The third-order valence-electron chi connectivity index (χ3n) is 3.56. The van der Waals surface area contributed by atoms with Gasteiger partial charge in [-0.15, -0.1) is 0 Å². The lowest BCUT2D eigenvalue weighted by Gasteiger charge is -2.24. The van der Waals surface area contributed by atoms with Gasteiger partial charge in [-0.25, -0.2) is 0 Å². The number of carbonyl (C=O) groups excluding carboxylic acids is 1. The smallest absolute Gasteiger partial charge is 0.234 e. The molecule has 0 saturated carbocycles. The number of nitrogens with zero attached hydrogens (tertiary/aromatic N) is 1. The number of amides is 1. The number of hydrogen-bond acceptors (Lipinski definition) is 3. The van der Waals surface area contributed by atoms with Crippen LogP contribution in [0.2, 0.25) is 0 Å². The van der Waals surface area contributed by atoms with E-state index < -0.39 is 0 Å². The fraction of sp³-hybridized carbons (Fsp3) is 0.389. The summed E-state index contributed by atoms with van der Waals surface area (Å²) in [6, 6.07) is 13.9. The Bertz CT molecular complexity index is 564. The number of benzene rings is 1. The summed E-state index contributed by atoms with van der Waals surface area (Å²) in [5.41, 5.74) is 1.14. The second kappa shape index (κ2) is 7.80. The van der Waals surface area contributed by atoms with Gasteiger partial charge in [-0.1, -0.05) is 44.2 Å². The highest BCUT2D eigenvalue weighted by atomic mass is 16.3. The van der Waals surface area contributed by atoms with Crippen molar-refractivity contribution in [2.45, 2.75) is 26.4 Å². The Morgan fingerprint density at radius 2 is 1.91 bits per heavy atom. The van der Waals surface area contributed by atoms with Crippen molar-refractivity contribution in [3.63, 3.8) is 0 Å². The van der Waals surface area contributed by atoms with Gasteiger partial charge in [-0.2, -0.15) is 0 Å². The third kappa shape index (κ3) is 4.74. The normalized spacial score (nSPS) is 12.6. The maximum absolute atomic E-state index is 12.3. The van der Waals surface area contributed by atoms with Crippen LogP contribution in [0.25, 0.3) is 0 Å². The summed E-state index contributed by atoms with van der Waals surface area (Å²) in [5, 5.41) is 3.13. The van der Waals surface area contributed by atoms with Gasteiger partial charge in [-0.05, 0) is 30.7 Å². The van der Waals surface area contributed by atoms with Gasteiger partial charge in [0.05, 0.1) is 25.4 Å². The van der Waals surface area contributed by atoms with Crippen LogP contribution in [-0.2, 0) is 11.3 Å². The van der Waals surface area contributed by atoms with E-state index in [4.69, 9.17) is 4.42 Å². The summed E-state index contributed by atoms with van der Waals surface area (Å²) in [4.78, 5) is 14.2. The maximum atomic E-state index is 12.3. The zero-order chi connectivity index (χ0) is 15.9. The molecule has 1 amide bonds. The van der Waals surface area contributed by atoms with Crippen LogP contribution < -0.4 is 5.32 Å². The first-order valence-electron chi connectivity index (χ1n) is 7.61. The van der Waals surface area contributed by atoms with E-state index in [1.165, 1.54) is 0 Å². The molecule has 0 spiro atoms. The average Bonchev–Trinajstić information content (AvgIpc) is 2.98. The molecule has 0 aliphatic heterocycles. The van der Waals surface area contributed by atoms with Gasteiger partial charge in [0.1, 0.15) is 5.76 Å². The molecule has 0 bridgehead atoms. The molecule has 0 unspecified atom stereocenters. The molecule has 0 aliphatic carbocycles. The summed E-state index contributed by atoms with van der Waals surface area (Å²) in [6.07, 6.45) is 1.65. The quantitative estimate of drug-likeness (QED) is 0.854. The standard InChI is InChI=1S/C18H24N2O2/c1-14(2)18(15-8-5-4-6-9-15)19-17(21)13-20(3)12-16-10-7-11-22-16/h4-11,14,18H,12-13H2,1-3H3,(H,19,21)/t18-/m0/s1. The van der Waals surface area contributed by atoms with Gasteiger partial charge in [0.15, 0.2) is 0 Å². The van der Waals surface area contributed by atoms with Gasteiger partial charge in [0, 0.05) is 0 Å². The van der Waals surface area contributed by atoms with Crippen LogP contribution in [0.3, 0.4) is 0 Å². The molecule has 4 heteroatoms. The number of furan rings is 1. The van der Waals surface area contributed by atoms with Crippen LogP contribution >= 0.6 is 0 Å². The number of likely N-dealkylation sites (N-methyl/N-ethyl adjacent to an activating group) is 1. The van der Waals surface area contributed by atoms with Gasteiger partial charge in [-0.3, -0.25) is 9.69 Å². The predicted molar refractivity (Wildman–Crippen MR) is 87.2 cm³/mol. The summed E-state index contributed by atoms with van der Waals surface area (Å²) >= 11 is 0. The van der Waals surface area contributed by atoms with Crippen molar-refractivity contribution in [1.29, 1.82) is 0 Å². The highest BCUT2D eigenvalue weighted by Gasteiger charge is 2.19. The maximum Gasteiger partial charge on any atom is 0.234 e. The Kier molecular flexibility index (Phi) is 5.78. The van der Waals surface area contributed by atoms with E-state index >= 15 is 0 Å². The molecule has 4 nitrogen and oxygen atoms in total. The van der Waals surface area contributed by atoms with E-state index in [-0.39, 0.29) is 11.9 Å². The Balaban J connectivity index is 1.91. The van der Waals surface area contributed by atoms with Gasteiger partial charge in [0.25, 0.3) is 0 Å². The van der Waals surface area contributed by atoms with Gasteiger partial charge >= 0.3 is 0 Å². The monoisotopic (exact) mass is 300 g/mol. The molecule has 1 heterocycles. The first-order valence-corrected chi connectivity index (χ1v) is 7.61. The second-order valence-electron chi connectivity index (χ2n) is 5.95. The molecular weight excluding hydrogens is 276 g/mol. The minimum atomic E-state index is 0.0246. The highest BCUT2D eigenvalue weighted by Crippen LogP contribution is 2.21. The minimum Gasteiger partial charge on any atom is -0.468 e. The van der Waals surface area contributed by atoms with Crippen molar-refractivity contribution in [3.05, 3.63) is 60.1 Å². The first-order chi connectivity index (χ1) is 10.6. The third-order valence-corrected chi connectivity index (χ3v) is 3.56. The number of rotatable bonds is 7. The molecule has 1 aromatic heterocycles. The Morgan fingerprint density at radius 1 is 1.18 bits per heavy atom. The lowest BCUT2D eigenvalue weighted by molar-refractivity contribution is -0.123. The van der Waals surface area contributed by atoms with Crippen molar-refractivity contribution >= 4 is 5.91 Å². The summed E-state index contributed by atoms with van der Waals surface area (Å²) in [7, 11) is 1.91. The van der Waals surface area contributed by atoms with E-state index in [1.54, 1.807) is 6.26 Å². The molecule has 1 aromatic carbocycles. The fourth-order valence-corrected chi connectivity index (χ4v) is 2.48. The van der Waals surface area contributed by atoms with Crippen LogP contribution in [-0.4, -0.2) is 24.4 Å². The Labute approximate surface area is 132 Å². The zero-order valence-electron chi connectivity index (χ0n) is 13.5. The van der Waals surface area contributed by atoms with Crippen molar-refractivity contribution in [3.8, 4) is 0 Å². The van der Waals surface area contributed by atoms with Crippen LogP contribution in [0.15, 0.2) is 53.1 Å². The molecular formula is C18H24N2O2. The van der Waals surface area contributed by atoms with Crippen LogP contribution in [0, 0.1) is 5.92 Å². The molecule has 2 aromatic rings. The first kappa shape index (κ1) is 16.3. The van der Waals surface area contributed by atoms with Crippen LogP contribution in [0.4, 0.5) is 0 Å². The van der Waals surface area contributed by atoms with Gasteiger partial charge < -0.3 is 9.73 Å². The molecule has 22 heavy (non-hydrogen) atoms. The van der Waals surface area contributed by atoms with Crippen molar-refractivity contribution < 1.29 is 9.21 Å². The number of carbonyl (C=O) groups is 1. The molecule has 1 atom stereocenters. The zero-order valence-corrected chi connectivity index (χ0v) is 13.5. The minimum absolute atomic E-state index is 0.0246. The van der Waals surface area contributed by atoms with E-state index in [0.29, 0.717) is 19.0 Å².